The number of nitrogens with one attached hydrogen (secondary N) is 1. The second-order valence-electron chi connectivity index (χ2n) is 7.65. The Morgan fingerprint density at radius 1 is 1.25 bits per heavy atom. The molecule has 3 heterocycles. The molecule has 1 fully saturated rings. The molecule has 10 heteroatoms. The van der Waals surface area contributed by atoms with Crippen LogP contribution in [0.25, 0.3) is 11.9 Å². The summed E-state index contributed by atoms with van der Waals surface area (Å²) in [6.45, 7) is 9.72. The van der Waals surface area contributed by atoms with Crippen LogP contribution in [0.3, 0.4) is 0 Å². The Balaban J connectivity index is 1.87. The topological polar surface area (TPSA) is 91.2 Å². The van der Waals surface area contributed by atoms with Crippen LogP contribution >= 0.6 is 11.6 Å². The van der Waals surface area contributed by atoms with E-state index >= 15 is 0 Å². The largest absolute Gasteiger partial charge is 0.492 e. The predicted molar refractivity (Wildman–Crippen MR) is 107 cm³/mol. The Morgan fingerprint density at radius 2 is 1.93 bits per heavy atom. The summed E-state index contributed by atoms with van der Waals surface area (Å²) in [5.41, 5.74) is 0.647. The quantitative estimate of drug-likeness (QED) is 0.771. The van der Waals surface area contributed by atoms with E-state index in [-0.39, 0.29) is 5.91 Å². The van der Waals surface area contributed by atoms with Gasteiger partial charge in [0.05, 0.1) is 17.4 Å². The number of rotatable bonds is 5. The zero-order chi connectivity index (χ0) is 20.5. The van der Waals surface area contributed by atoms with Crippen LogP contribution in [0.5, 0.6) is 0 Å². The maximum absolute atomic E-state index is 11.4. The first-order valence-corrected chi connectivity index (χ1v) is 9.30. The van der Waals surface area contributed by atoms with Crippen molar-refractivity contribution in [3.05, 3.63) is 40.7 Å². The molecule has 8 nitrogen and oxygen atoms in total. The van der Waals surface area contributed by atoms with Gasteiger partial charge in [-0.05, 0) is 45.3 Å². The van der Waals surface area contributed by atoms with E-state index in [0.29, 0.717) is 17.5 Å². The molecule has 1 N–H and O–H groups in total. The van der Waals surface area contributed by atoms with Crippen LogP contribution in [0.1, 0.15) is 40.2 Å². The highest BCUT2D eigenvalue weighted by Gasteiger charge is 2.52. The van der Waals surface area contributed by atoms with Gasteiger partial charge in [-0.1, -0.05) is 17.7 Å². The molecule has 148 valence electrons. The maximum Gasteiger partial charge on any atom is 0.492 e. The fourth-order valence-corrected chi connectivity index (χ4v) is 2.71. The molecular formula is C18H23BClN5O3. The van der Waals surface area contributed by atoms with Crippen molar-refractivity contribution in [1.82, 2.24) is 25.3 Å². The van der Waals surface area contributed by atoms with E-state index in [0.717, 1.165) is 11.0 Å². The van der Waals surface area contributed by atoms with Crippen molar-refractivity contribution >= 4 is 30.7 Å². The Labute approximate surface area is 169 Å². The molecule has 1 aliphatic heterocycles. The lowest BCUT2D eigenvalue weighted by Gasteiger charge is -2.32. The summed E-state index contributed by atoms with van der Waals surface area (Å²) in [5.74, 6) is 0.414. The number of aromatic nitrogens is 4. The average Bonchev–Trinajstić information content (AvgIpc) is 3.14. The first kappa shape index (κ1) is 20.5. The second kappa shape index (κ2) is 7.65. The number of hydrogen-bond donors (Lipinski definition) is 1. The van der Waals surface area contributed by atoms with Crippen molar-refractivity contribution in [3.63, 3.8) is 0 Å². The normalized spacial score (nSPS) is 18.4. The van der Waals surface area contributed by atoms with E-state index in [9.17, 15) is 4.79 Å². The number of carbonyl (C=O) groups excluding carboxylic acids is 1. The third-order valence-corrected chi connectivity index (χ3v) is 5.11. The number of hydrogen-bond acceptors (Lipinski definition) is 6. The molecule has 0 atom stereocenters. The van der Waals surface area contributed by atoms with Gasteiger partial charge in [0.2, 0.25) is 5.91 Å². The zero-order valence-corrected chi connectivity index (χ0v) is 17.3. The fourth-order valence-electron chi connectivity index (χ4n) is 2.61. The van der Waals surface area contributed by atoms with Gasteiger partial charge in [-0.25, -0.2) is 4.68 Å². The molecule has 0 aliphatic carbocycles. The van der Waals surface area contributed by atoms with Crippen LogP contribution in [0.4, 0.5) is 0 Å². The smallest absolute Gasteiger partial charge is 0.400 e. The molecule has 0 aromatic carbocycles. The Morgan fingerprint density at radius 3 is 2.50 bits per heavy atom. The van der Waals surface area contributed by atoms with Gasteiger partial charge in [0, 0.05) is 25.2 Å². The number of amides is 1. The van der Waals surface area contributed by atoms with Gasteiger partial charge in [-0.15, -0.1) is 10.2 Å². The van der Waals surface area contributed by atoms with Crippen molar-refractivity contribution in [2.75, 3.05) is 6.54 Å². The molecule has 28 heavy (non-hydrogen) atoms. The maximum atomic E-state index is 11.4. The molecule has 0 radical (unpaired) electrons. The van der Waals surface area contributed by atoms with Crippen molar-refractivity contribution in [2.45, 2.75) is 45.8 Å². The molecule has 1 saturated heterocycles. The summed E-state index contributed by atoms with van der Waals surface area (Å²) in [6, 6.07) is 3.37. The zero-order valence-electron chi connectivity index (χ0n) is 16.6. The van der Waals surface area contributed by atoms with Gasteiger partial charge in [0.25, 0.3) is 0 Å². The van der Waals surface area contributed by atoms with Gasteiger partial charge < -0.3 is 14.6 Å². The minimum absolute atomic E-state index is 0.130. The minimum Gasteiger partial charge on any atom is -0.400 e. The Kier molecular flexibility index (Phi) is 5.61. The summed E-state index contributed by atoms with van der Waals surface area (Å²) < 4.78 is 13.9. The Hall–Kier alpha value is -2.23. The van der Waals surface area contributed by atoms with Crippen molar-refractivity contribution < 1.29 is 14.1 Å². The SMILES string of the molecule is CC(=O)NCC(=Cc1cnn(-c2ccc(Cl)nn2)c1)B1OC(C)(C)C(C)(C)O1. The van der Waals surface area contributed by atoms with Crippen molar-refractivity contribution in [2.24, 2.45) is 0 Å². The number of halogens is 1. The molecule has 1 aliphatic rings. The van der Waals surface area contributed by atoms with Crippen LogP contribution in [0.2, 0.25) is 5.15 Å². The lowest BCUT2D eigenvalue weighted by Crippen LogP contribution is -2.41. The monoisotopic (exact) mass is 403 g/mol. The van der Waals surface area contributed by atoms with Crippen LogP contribution < -0.4 is 5.32 Å². The fraction of sp³-hybridized carbons (Fsp3) is 0.444. The number of carbonyl (C=O) groups is 1. The van der Waals surface area contributed by atoms with Gasteiger partial charge >= 0.3 is 7.12 Å². The van der Waals surface area contributed by atoms with Crippen molar-refractivity contribution in [1.29, 1.82) is 0 Å². The molecule has 0 spiro atoms. The minimum atomic E-state index is -0.574. The van der Waals surface area contributed by atoms with E-state index in [1.165, 1.54) is 6.92 Å². The van der Waals surface area contributed by atoms with E-state index < -0.39 is 18.3 Å². The molecule has 2 aromatic heterocycles. The lowest BCUT2D eigenvalue weighted by molar-refractivity contribution is -0.118. The molecule has 0 saturated carbocycles. The third kappa shape index (κ3) is 4.43. The first-order chi connectivity index (χ1) is 13.1. The second-order valence-corrected chi connectivity index (χ2v) is 8.04. The predicted octanol–water partition coefficient (Wildman–Crippen LogP) is 2.47. The summed E-state index contributed by atoms with van der Waals surface area (Å²) in [7, 11) is -0.574. The van der Waals surface area contributed by atoms with Crippen LogP contribution in [0, 0.1) is 0 Å². The highest BCUT2D eigenvalue weighted by atomic mass is 35.5. The summed E-state index contributed by atoms with van der Waals surface area (Å²) in [4.78, 5) is 11.4. The van der Waals surface area contributed by atoms with Crippen LogP contribution in [0.15, 0.2) is 30.0 Å². The van der Waals surface area contributed by atoms with E-state index in [1.807, 2.05) is 33.8 Å². The summed E-state index contributed by atoms with van der Waals surface area (Å²) in [6.07, 6.45) is 5.39. The van der Waals surface area contributed by atoms with Gasteiger partial charge in [0.15, 0.2) is 11.0 Å². The van der Waals surface area contributed by atoms with Gasteiger partial charge in [0.1, 0.15) is 0 Å². The first-order valence-electron chi connectivity index (χ1n) is 8.92. The summed E-state index contributed by atoms with van der Waals surface area (Å²) in [5, 5.41) is 15.3. The van der Waals surface area contributed by atoms with E-state index in [4.69, 9.17) is 20.9 Å². The molecule has 2 aromatic rings. The average molecular weight is 404 g/mol. The van der Waals surface area contributed by atoms with Gasteiger partial charge in [-0.3, -0.25) is 4.79 Å². The highest BCUT2D eigenvalue weighted by Crippen LogP contribution is 2.38. The molecule has 0 bridgehead atoms. The molecule has 3 rings (SSSR count). The van der Waals surface area contributed by atoms with Gasteiger partial charge in [-0.2, -0.15) is 5.10 Å². The lowest BCUT2D eigenvalue weighted by atomic mass is 9.77. The molecular weight excluding hydrogens is 380 g/mol. The van der Waals surface area contributed by atoms with Crippen LogP contribution in [-0.2, 0) is 14.1 Å². The number of nitrogens with zero attached hydrogens (tertiary/aromatic N) is 4. The van der Waals surface area contributed by atoms with E-state index in [1.54, 1.807) is 29.2 Å². The molecule has 0 unspecified atom stereocenters. The third-order valence-electron chi connectivity index (χ3n) is 4.90. The van der Waals surface area contributed by atoms with Crippen LogP contribution in [-0.4, -0.2) is 50.8 Å². The standard InChI is InChI=1S/C18H23BClN5O3/c1-12(26)21-10-14(19-27-17(2,3)18(4,5)28-19)8-13-9-22-25(11-13)16-7-6-15(20)23-24-16/h6-9,11H,10H2,1-5H3,(H,21,26). The molecule has 1 amide bonds. The highest BCUT2D eigenvalue weighted by molar-refractivity contribution is 6.56. The van der Waals surface area contributed by atoms with Crippen molar-refractivity contribution in [3.8, 4) is 5.82 Å². The van der Waals surface area contributed by atoms with E-state index in [2.05, 4.69) is 20.6 Å². The Bertz CT molecular complexity index is 879. The summed E-state index contributed by atoms with van der Waals surface area (Å²) >= 11 is 5.78.